The molecular weight excluding hydrogens is 404 g/mol. The topological polar surface area (TPSA) is 79.3 Å². The van der Waals surface area contributed by atoms with Crippen LogP contribution in [0.2, 0.25) is 0 Å². The minimum Gasteiger partial charge on any atom is -0.478 e. The van der Waals surface area contributed by atoms with Crippen molar-refractivity contribution in [2.75, 3.05) is 5.32 Å². The lowest BCUT2D eigenvalue weighted by Crippen LogP contribution is -2.14. The normalized spacial score (nSPS) is 10.5. The van der Waals surface area contributed by atoms with Crippen molar-refractivity contribution in [3.63, 3.8) is 0 Å². The number of hydrogen-bond acceptors (Lipinski definition) is 4. The third kappa shape index (κ3) is 3.78. The minimum atomic E-state index is -1.09. The van der Waals surface area contributed by atoms with Crippen LogP contribution in [-0.2, 0) is 0 Å². The molecule has 0 aliphatic carbocycles. The molecule has 1 aromatic carbocycles. The highest BCUT2D eigenvalue weighted by atomic mass is 79.9. The Hall–Kier alpha value is -2.51. The lowest BCUT2D eigenvalue weighted by Gasteiger charge is -2.06. The quantitative estimate of drug-likeness (QED) is 0.637. The Kier molecular flexibility index (Phi) is 4.96. The number of rotatable bonds is 4. The molecule has 0 atom stereocenters. The summed E-state index contributed by atoms with van der Waals surface area (Å²) < 4.78 is 0.907. The Morgan fingerprint density at radius 1 is 1.16 bits per heavy atom. The van der Waals surface area contributed by atoms with Gasteiger partial charge in [-0.1, -0.05) is 28.1 Å². The van der Waals surface area contributed by atoms with Gasteiger partial charge < -0.3 is 10.4 Å². The molecule has 2 N–H and O–H groups in total. The summed E-state index contributed by atoms with van der Waals surface area (Å²) in [6.45, 7) is 1.83. The van der Waals surface area contributed by atoms with Gasteiger partial charge in [-0.3, -0.25) is 9.78 Å². The lowest BCUT2D eigenvalue weighted by atomic mass is 10.1. The summed E-state index contributed by atoms with van der Waals surface area (Å²) in [6, 6.07) is 10.7. The molecule has 0 radical (unpaired) electrons. The van der Waals surface area contributed by atoms with E-state index in [9.17, 15) is 14.7 Å². The number of aryl methyl sites for hydroxylation is 1. The van der Waals surface area contributed by atoms with Crippen molar-refractivity contribution >= 4 is 44.8 Å². The molecular formula is C18H13BrN2O3S. The van der Waals surface area contributed by atoms with Gasteiger partial charge in [-0.15, -0.1) is 11.3 Å². The average molecular weight is 417 g/mol. The van der Waals surface area contributed by atoms with Crippen molar-refractivity contribution in [2.45, 2.75) is 6.92 Å². The second-order valence-corrected chi connectivity index (χ2v) is 7.10. The molecule has 3 aromatic rings. The van der Waals surface area contributed by atoms with Crippen LogP contribution >= 0.6 is 27.3 Å². The van der Waals surface area contributed by atoms with Gasteiger partial charge in [0, 0.05) is 21.7 Å². The van der Waals surface area contributed by atoms with Crippen molar-refractivity contribution in [1.82, 2.24) is 4.98 Å². The van der Waals surface area contributed by atoms with Crippen molar-refractivity contribution in [3.8, 4) is 10.4 Å². The number of carboxylic acid groups (broad SMARTS) is 1. The summed E-state index contributed by atoms with van der Waals surface area (Å²) in [5.41, 5.74) is 2.32. The van der Waals surface area contributed by atoms with Crippen molar-refractivity contribution in [2.24, 2.45) is 0 Å². The first-order valence-electron chi connectivity index (χ1n) is 7.30. The van der Waals surface area contributed by atoms with Gasteiger partial charge in [0.05, 0.1) is 16.1 Å². The number of carbonyl (C=O) groups excluding carboxylic acids is 1. The number of thiophene rings is 1. The van der Waals surface area contributed by atoms with Gasteiger partial charge in [0.1, 0.15) is 5.56 Å². The fourth-order valence-corrected chi connectivity index (χ4v) is 3.54. The number of anilines is 1. The van der Waals surface area contributed by atoms with Gasteiger partial charge in [-0.05, 0) is 36.8 Å². The number of nitrogens with zero attached hydrogens (tertiary/aromatic N) is 1. The maximum atomic E-state index is 12.3. The molecule has 7 heteroatoms. The van der Waals surface area contributed by atoms with Crippen molar-refractivity contribution in [1.29, 1.82) is 0 Å². The highest BCUT2D eigenvalue weighted by Gasteiger charge is 2.21. The van der Waals surface area contributed by atoms with Gasteiger partial charge in [0.2, 0.25) is 0 Å². The van der Waals surface area contributed by atoms with Gasteiger partial charge in [0.25, 0.3) is 5.91 Å². The number of nitrogens with one attached hydrogen (secondary N) is 1. The second kappa shape index (κ2) is 7.16. The number of benzene rings is 1. The van der Waals surface area contributed by atoms with Gasteiger partial charge >= 0.3 is 5.97 Å². The lowest BCUT2D eigenvalue weighted by molar-refractivity contribution is 0.0699. The summed E-state index contributed by atoms with van der Waals surface area (Å²) in [4.78, 5) is 28.8. The fraction of sp³-hybridized carbons (Fsp3) is 0.0556. The molecule has 0 fully saturated rings. The van der Waals surface area contributed by atoms with E-state index >= 15 is 0 Å². The van der Waals surface area contributed by atoms with E-state index in [-0.39, 0.29) is 11.3 Å². The third-order valence-electron chi connectivity index (χ3n) is 3.53. The first-order chi connectivity index (χ1) is 12.0. The monoisotopic (exact) mass is 416 g/mol. The standard InChI is InChI=1S/C18H13BrN2O3S/c1-10-2-3-12(8-20-10)17(22)21-14-9-25-16(15(14)18(23)24)11-4-6-13(19)7-5-11/h2-9H,1H3,(H,21,22)(H,23,24). The predicted octanol–water partition coefficient (Wildman–Crippen LogP) is 4.83. The van der Waals surface area contributed by atoms with Crippen LogP contribution < -0.4 is 5.32 Å². The summed E-state index contributed by atoms with van der Waals surface area (Å²) in [7, 11) is 0. The third-order valence-corrected chi connectivity index (χ3v) is 5.09. The number of carbonyl (C=O) groups is 2. The van der Waals surface area contributed by atoms with Crippen molar-refractivity contribution in [3.05, 3.63) is 69.3 Å². The molecule has 0 unspecified atom stereocenters. The Morgan fingerprint density at radius 3 is 2.48 bits per heavy atom. The molecule has 0 saturated heterocycles. The first kappa shape index (κ1) is 17.3. The first-order valence-corrected chi connectivity index (χ1v) is 8.97. The van der Waals surface area contributed by atoms with Gasteiger partial charge in [-0.2, -0.15) is 0 Å². The smallest absolute Gasteiger partial charge is 0.339 e. The molecule has 2 aromatic heterocycles. The molecule has 0 spiro atoms. The number of halogens is 1. The number of pyridine rings is 1. The molecule has 3 rings (SSSR count). The van der Waals surface area contributed by atoms with E-state index in [2.05, 4.69) is 26.2 Å². The summed E-state index contributed by atoms with van der Waals surface area (Å²) in [5.74, 6) is -1.48. The zero-order chi connectivity index (χ0) is 18.0. The Morgan fingerprint density at radius 2 is 1.88 bits per heavy atom. The van der Waals surface area contributed by atoms with Crippen LogP contribution in [0, 0.1) is 6.92 Å². The molecule has 5 nitrogen and oxygen atoms in total. The molecule has 1 amide bonds. The zero-order valence-electron chi connectivity index (χ0n) is 13.1. The zero-order valence-corrected chi connectivity index (χ0v) is 15.5. The predicted molar refractivity (Wildman–Crippen MR) is 101 cm³/mol. The van der Waals surface area contributed by atoms with Gasteiger partial charge in [-0.25, -0.2) is 4.79 Å². The van der Waals surface area contributed by atoms with Crippen LogP contribution in [-0.4, -0.2) is 22.0 Å². The molecule has 0 aliphatic heterocycles. The average Bonchev–Trinajstić information content (AvgIpc) is 3.00. The Labute approximate surface area is 156 Å². The van der Waals surface area contributed by atoms with Crippen LogP contribution in [0.4, 0.5) is 5.69 Å². The number of amides is 1. The van der Waals surface area contributed by atoms with Crippen molar-refractivity contribution < 1.29 is 14.7 Å². The van der Waals surface area contributed by atoms with Crippen LogP contribution in [0.25, 0.3) is 10.4 Å². The van der Waals surface area contributed by atoms with E-state index in [0.29, 0.717) is 10.4 Å². The van der Waals surface area contributed by atoms with E-state index in [1.807, 2.05) is 31.2 Å². The highest BCUT2D eigenvalue weighted by Crippen LogP contribution is 2.36. The summed E-state index contributed by atoms with van der Waals surface area (Å²) in [5, 5.41) is 13.9. The highest BCUT2D eigenvalue weighted by molar-refractivity contribution is 9.10. The van der Waals surface area contributed by atoms with Crippen LogP contribution in [0.5, 0.6) is 0 Å². The largest absolute Gasteiger partial charge is 0.478 e. The van der Waals surface area contributed by atoms with Crippen LogP contribution in [0.1, 0.15) is 26.4 Å². The molecule has 0 aliphatic rings. The summed E-state index contributed by atoms with van der Waals surface area (Å²) >= 11 is 4.64. The Bertz CT molecular complexity index is 934. The van der Waals surface area contributed by atoms with Crippen LogP contribution in [0.15, 0.2) is 52.4 Å². The molecule has 2 heterocycles. The number of aromatic carboxylic acids is 1. The molecule has 126 valence electrons. The second-order valence-electron chi connectivity index (χ2n) is 5.31. The van der Waals surface area contributed by atoms with E-state index in [1.165, 1.54) is 17.5 Å². The van der Waals surface area contributed by atoms with Gasteiger partial charge in [0.15, 0.2) is 0 Å². The number of aromatic nitrogens is 1. The molecule has 25 heavy (non-hydrogen) atoms. The SMILES string of the molecule is Cc1ccc(C(=O)Nc2csc(-c3ccc(Br)cc3)c2C(=O)O)cn1. The minimum absolute atomic E-state index is 0.0840. The van der Waals surface area contributed by atoms with Crippen LogP contribution in [0.3, 0.4) is 0 Å². The number of carboxylic acids is 1. The maximum absolute atomic E-state index is 12.3. The number of hydrogen-bond donors (Lipinski definition) is 2. The fourth-order valence-electron chi connectivity index (χ4n) is 2.27. The summed E-state index contributed by atoms with van der Waals surface area (Å²) in [6.07, 6.45) is 1.47. The van der Waals surface area contributed by atoms with E-state index in [4.69, 9.17) is 0 Å². The molecule has 0 bridgehead atoms. The maximum Gasteiger partial charge on any atom is 0.339 e. The van der Waals surface area contributed by atoms with E-state index in [1.54, 1.807) is 17.5 Å². The Balaban J connectivity index is 1.94. The van der Waals surface area contributed by atoms with E-state index < -0.39 is 11.9 Å². The van der Waals surface area contributed by atoms with E-state index in [0.717, 1.165) is 15.7 Å². The molecule has 0 saturated carbocycles.